The molecule has 21 heavy (non-hydrogen) atoms. The molecule has 0 heterocycles. The lowest BCUT2D eigenvalue weighted by atomic mass is 9.78. The Kier molecular flexibility index (Phi) is 6.51. The lowest BCUT2D eigenvalue weighted by molar-refractivity contribution is 0.0400. The average molecular weight is 296 g/mol. The van der Waals surface area contributed by atoms with Gasteiger partial charge in [0.2, 0.25) is 0 Å². The van der Waals surface area contributed by atoms with Crippen molar-refractivity contribution in [1.82, 2.24) is 10.2 Å². The van der Waals surface area contributed by atoms with Crippen LogP contribution in [-0.4, -0.2) is 47.8 Å². The Labute approximate surface area is 131 Å². The van der Waals surface area contributed by atoms with E-state index in [4.69, 9.17) is 0 Å². The van der Waals surface area contributed by atoms with Gasteiger partial charge in [-0.05, 0) is 64.5 Å². The first kappa shape index (κ1) is 17.2. The molecule has 0 aromatic rings. The van der Waals surface area contributed by atoms with Crippen molar-refractivity contribution < 1.29 is 5.11 Å². The molecule has 3 heteroatoms. The van der Waals surface area contributed by atoms with Crippen LogP contribution in [0.1, 0.15) is 71.6 Å². The van der Waals surface area contributed by atoms with Crippen LogP contribution in [0.5, 0.6) is 0 Å². The molecule has 0 aliphatic heterocycles. The molecule has 2 aliphatic carbocycles. The van der Waals surface area contributed by atoms with E-state index in [-0.39, 0.29) is 12.1 Å². The topological polar surface area (TPSA) is 35.5 Å². The number of hydrogen-bond acceptors (Lipinski definition) is 3. The van der Waals surface area contributed by atoms with Gasteiger partial charge in [-0.25, -0.2) is 0 Å². The van der Waals surface area contributed by atoms with Crippen molar-refractivity contribution in [3.63, 3.8) is 0 Å². The standard InChI is InChI=1S/C18H36N2O/c1-15(2)10-12-20(16-7-4-5-8-16)17-9-6-11-18(13-17,14-21)19-3/h15-17,19,21H,4-14H2,1-3H3. The zero-order valence-corrected chi connectivity index (χ0v) is 14.4. The van der Waals surface area contributed by atoms with E-state index in [0.29, 0.717) is 6.04 Å². The van der Waals surface area contributed by atoms with Crippen LogP contribution in [0.2, 0.25) is 0 Å². The highest BCUT2D eigenvalue weighted by Crippen LogP contribution is 2.35. The largest absolute Gasteiger partial charge is 0.394 e. The summed E-state index contributed by atoms with van der Waals surface area (Å²) in [5.41, 5.74) is -0.0302. The number of nitrogens with zero attached hydrogens (tertiary/aromatic N) is 1. The van der Waals surface area contributed by atoms with Crippen LogP contribution in [0, 0.1) is 5.92 Å². The van der Waals surface area contributed by atoms with Crippen molar-refractivity contribution in [2.45, 2.75) is 89.3 Å². The summed E-state index contributed by atoms with van der Waals surface area (Å²) in [4.78, 5) is 2.83. The molecule has 2 unspecified atom stereocenters. The predicted molar refractivity (Wildman–Crippen MR) is 89.5 cm³/mol. The zero-order chi connectivity index (χ0) is 15.3. The molecule has 0 saturated heterocycles. The number of likely N-dealkylation sites (N-methyl/N-ethyl adjacent to an activating group) is 1. The molecule has 3 nitrogen and oxygen atoms in total. The van der Waals surface area contributed by atoms with Crippen molar-refractivity contribution in [1.29, 1.82) is 0 Å². The maximum atomic E-state index is 9.84. The summed E-state index contributed by atoms with van der Waals surface area (Å²) >= 11 is 0. The van der Waals surface area contributed by atoms with Crippen molar-refractivity contribution in [2.24, 2.45) is 5.92 Å². The molecule has 0 aromatic carbocycles. The second-order valence-electron chi connectivity index (χ2n) is 7.80. The highest BCUT2D eigenvalue weighted by atomic mass is 16.3. The summed E-state index contributed by atoms with van der Waals surface area (Å²) in [6, 6.07) is 1.47. The van der Waals surface area contributed by atoms with E-state index in [2.05, 4.69) is 24.1 Å². The minimum atomic E-state index is -0.0302. The third-order valence-electron chi connectivity index (χ3n) is 5.88. The quantitative estimate of drug-likeness (QED) is 0.757. The van der Waals surface area contributed by atoms with Crippen LogP contribution < -0.4 is 5.32 Å². The Morgan fingerprint density at radius 1 is 1.14 bits per heavy atom. The molecule has 0 spiro atoms. The zero-order valence-electron chi connectivity index (χ0n) is 14.4. The van der Waals surface area contributed by atoms with Gasteiger partial charge in [0.1, 0.15) is 0 Å². The molecule has 0 radical (unpaired) electrons. The van der Waals surface area contributed by atoms with Gasteiger partial charge < -0.3 is 10.4 Å². The Bertz CT molecular complexity index is 296. The normalized spacial score (nSPS) is 31.4. The second-order valence-corrected chi connectivity index (χ2v) is 7.80. The third kappa shape index (κ3) is 4.43. The lowest BCUT2D eigenvalue weighted by Crippen LogP contribution is -2.56. The molecule has 2 fully saturated rings. The van der Waals surface area contributed by atoms with Gasteiger partial charge >= 0.3 is 0 Å². The van der Waals surface area contributed by atoms with Gasteiger partial charge in [-0.1, -0.05) is 26.7 Å². The minimum Gasteiger partial charge on any atom is -0.394 e. The van der Waals surface area contributed by atoms with Crippen LogP contribution in [0.15, 0.2) is 0 Å². The van der Waals surface area contributed by atoms with Crippen LogP contribution in [-0.2, 0) is 0 Å². The van der Waals surface area contributed by atoms with Gasteiger partial charge in [0, 0.05) is 17.6 Å². The lowest BCUT2D eigenvalue weighted by Gasteiger charge is -2.46. The molecule has 2 atom stereocenters. The highest BCUT2D eigenvalue weighted by molar-refractivity contribution is 4.97. The van der Waals surface area contributed by atoms with Crippen LogP contribution in [0.3, 0.4) is 0 Å². The second kappa shape index (κ2) is 7.94. The molecule has 0 amide bonds. The number of nitrogens with one attached hydrogen (secondary N) is 1. The summed E-state index contributed by atoms with van der Waals surface area (Å²) < 4.78 is 0. The van der Waals surface area contributed by atoms with Gasteiger partial charge in [0.25, 0.3) is 0 Å². The van der Waals surface area contributed by atoms with E-state index < -0.39 is 0 Å². The van der Waals surface area contributed by atoms with E-state index in [1.807, 2.05) is 7.05 Å². The fourth-order valence-electron chi connectivity index (χ4n) is 4.37. The number of hydrogen-bond donors (Lipinski definition) is 2. The molecule has 2 N–H and O–H groups in total. The molecule has 0 aromatic heterocycles. The smallest absolute Gasteiger partial charge is 0.0613 e. The highest BCUT2D eigenvalue weighted by Gasteiger charge is 2.38. The van der Waals surface area contributed by atoms with Crippen molar-refractivity contribution in [3.05, 3.63) is 0 Å². The Hall–Kier alpha value is -0.120. The number of aliphatic hydroxyl groups excluding tert-OH is 1. The maximum absolute atomic E-state index is 9.84. The average Bonchev–Trinajstić information content (AvgIpc) is 3.01. The monoisotopic (exact) mass is 296 g/mol. The van der Waals surface area contributed by atoms with Gasteiger partial charge in [-0.15, -0.1) is 0 Å². The number of rotatable bonds is 7. The van der Waals surface area contributed by atoms with Crippen molar-refractivity contribution >= 4 is 0 Å². The fraction of sp³-hybridized carbons (Fsp3) is 1.00. The predicted octanol–water partition coefficient (Wildman–Crippen LogP) is 3.17. The van der Waals surface area contributed by atoms with Gasteiger partial charge in [-0.3, -0.25) is 4.90 Å². The first-order valence-corrected chi connectivity index (χ1v) is 9.16. The molecule has 2 aliphatic rings. The number of aliphatic hydroxyl groups is 1. The van der Waals surface area contributed by atoms with Crippen molar-refractivity contribution in [2.75, 3.05) is 20.2 Å². The Balaban J connectivity index is 2.03. The molecular weight excluding hydrogens is 260 g/mol. The van der Waals surface area contributed by atoms with Crippen LogP contribution in [0.25, 0.3) is 0 Å². The third-order valence-corrected chi connectivity index (χ3v) is 5.88. The van der Waals surface area contributed by atoms with Crippen molar-refractivity contribution in [3.8, 4) is 0 Å². The van der Waals surface area contributed by atoms with E-state index in [9.17, 15) is 5.11 Å². The van der Waals surface area contributed by atoms with Gasteiger partial charge in [0.15, 0.2) is 0 Å². The van der Waals surface area contributed by atoms with E-state index in [0.717, 1.165) is 24.8 Å². The van der Waals surface area contributed by atoms with Crippen LogP contribution >= 0.6 is 0 Å². The first-order valence-electron chi connectivity index (χ1n) is 9.16. The summed E-state index contributed by atoms with van der Waals surface area (Å²) in [5.74, 6) is 0.782. The molecule has 124 valence electrons. The minimum absolute atomic E-state index is 0.0302. The SMILES string of the molecule is CNC1(CO)CCCC(N(CCC(C)C)C2CCCC2)C1. The molecule has 2 rings (SSSR count). The van der Waals surface area contributed by atoms with Gasteiger partial charge in [-0.2, -0.15) is 0 Å². The Morgan fingerprint density at radius 2 is 1.81 bits per heavy atom. The molecular formula is C18H36N2O. The van der Waals surface area contributed by atoms with Gasteiger partial charge in [0.05, 0.1) is 6.61 Å². The first-order chi connectivity index (χ1) is 10.1. The summed E-state index contributed by atoms with van der Waals surface area (Å²) in [6.07, 6.45) is 11.7. The van der Waals surface area contributed by atoms with Crippen LogP contribution in [0.4, 0.5) is 0 Å². The van der Waals surface area contributed by atoms with E-state index in [1.54, 1.807) is 0 Å². The van der Waals surface area contributed by atoms with E-state index >= 15 is 0 Å². The molecule has 0 bridgehead atoms. The Morgan fingerprint density at radius 3 is 2.38 bits per heavy atom. The molecule has 2 saturated carbocycles. The maximum Gasteiger partial charge on any atom is 0.0613 e. The van der Waals surface area contributed by atoms with E-state index in [1.165, 1.54) is 51.5 Å². The summed E-state index contributed by atoms with van der Waals surface area (Å²) in [5, 5.41) is 13.3. The summed E-state index contributed by atoms with van der Waals surface area (Å²) in [6.45, 7) is 6.19. The summed E-state index contributed by atoms with van der Waals surface area (Å²) in [7, 11) is 2.02. The fourth-order valence-corrected chi connectivity index (χ4v) is 4.37.